The molecule has 2 aliphatic heterocycles. The van der Waals surface area contributed by atoms with Crippen LogP contribution < -0.4 is 0 Å². The molecule has 2 aliphatic rings. The molecule has 4 atom stereocenters. The third kappa shape index (κ3) is 9.97. The average Bonchev–Trinajstić information content (AvgIpc) is 2.73. The molecule has 4 heteroatoms. The molecule has 2 rings (SSSR count). The molecule has 0 aromatic rings. The number of rotatable bonds is 13. The van der Waals surface area contributed by atoms with Gasteiger partial charge < -0.3 is 19.7 Å². The Labute approximate surface area is 186 Å². The zero-order valence-electron chi connectivity index (χ0n) is 20.3. The van der Waals surface area contributed by atoms with Crippen LogP contribution in [-0.2, 0) is 9.47 Å². The highest BCUT2D eigenvalue weighted by atomic mass is 16.5. The molecule has 2 N–H and O–H groups in total. The van der Waals surface area contributed by atoms with Crippen LogP contribution in [0.2, 0.25) is 0 Å². The summed E-state index contributed by atoms with van der Waals surface area (Å²) in [5, 5.41) is 18.9. The van der Waals surface area contributed by atoms with Gasteiger partial charge in [-0.05, 0) is 87.9 Å². The standard InChI is InChI=1S/C26H50O4/c1-25(2,19-27)17-7-13-21-9-5-11-23(29-21)15-16-24-12-6-10-22(30-24)14-8-18-26(3,4)20-28/h21-24,27-28H,5-20H2,1-4H3. The van der Waals surface area contributed by atoms with E-state index in [4.69, 9.17) is 9.47 Å². The van der Waals surface area contributed by atoms with E-state index in [1.165, 1.54) is 38.5 Å². The molecule has 4 unspecified atom stereocenters. The third-order valence-electron chi connectivity index (χ3n) is 7.30. The minimum atomic E-state index is 0.0385. The maximum absolute atomic E-state index is 9.43. The van der Waals surface area contributed by atoms with Crippen LogP contribution >= 0.6 is 0 Å². The Kier molecular flexibility index (Phi) is 11.1. The van der Waals surface area contributed by atoms with Gasteiger partial charge in [0.25, 0.3) is 0 Å². The Morgan fingerprint density at radius 3 is 1.27 bits per heavy atom. The second-order valence-electron chi connectivity index (χ2n) is 11.6. The summed E-state index contributed by atoms with van der Waals surface area (Å²) in [7, 11) is 0. The Morgan fingerprint density at radius 2 is 0.933 bits per heavy atom. The van der Waals surface area contributed by atoms with Crippen molar-refractivity contribution in [3.8, 4) is 0 Å². The molecule has 2 saturated heterocycles. The zero-order valence-corrected chi connectivity index (χ0v) is 20.3. The fraction of sp³-hybridized carbons (Fsp3) is 1.00. The summed E-state index contributed by atoms with van der Waals surface area (Å²) in [5.74, 6) is 0. The molecule has 2 fully saturated rings. The predicted molar refractivity (Wildman–Crippen MR) is 124 cm³/mol. The Hall–Kier alpha value is -0.160. The van der Waals surface area contributed by atoms with Gasteiger partial charge in [-0.15, -0.1) is 0 Å². The smallest absolute Gasteiger partial charge is 0.0579 e. The van der Waals surface area contributed by atoms with E-state index in [1.807, 2.05) is 0 Å². The first-order chi connectivity index (χ1) is 14.2. The molecule has 0 aromatic carbocycles. The molecule has 0 saturated carbocycles. The van der Waals surface area contributed by atoms with Crippen molar-refractivity contribution in [2.75, 3.05) is 13.2 Å². The first kappa shape index (κ1) is 26.1. The second kappa shape index (κ2) is 12.8. The SMILES string of the molecule is CC(C)(CO)CCCC1CCCC(CCC2CCCC(CCCC(C)(C)CO)O2)O1. The average molecular weight is 427 g/mol. The number of aliphatic hydroxyl groups is 2. The quantitative estimate of drug-likeness (QED) is 0.378. The van der Waals surface area contributed by atoms with Crippen molar-refractivity contribution >= 4 is 0 Å². The second-order valence-corrected chi connectivity index (χ2v) is 11.6. The van der Waals surface area contributed by atoms with Crippen LogP contribution in [0.4, 0.5) is 0 Å². The van der Waals surface area contributed by atoms with E-state index in [2.05, 4.69) is 27.7 Å². The van der Waals surface area contributed by atoms with E-state index >= 15 is 0 Å². The molecule has 0 aliphatic carbocycles. The molecule has 4 nitrogen and oxygen atoms in total. The van der Waals surface area contributed by atoms with Crippen molar-refractivity contribution in [1.29, 1.82) is 0 Å². The summed E-state index contributed by atoms with van der Waals surface area (Å²) in [4.78, 5) is 0. The van der Waals surface area contributed by atoms with E-state index in [1.54, 1.807) is 0 Å². The van der Waals surface area contributed by atoms with Gasteiger partial charge in [-0.3, -0.25) is 0 Å². The molecular weight excluding hydrogens is 376 g/mol. The third-order valence-corrected chi connectivity index (χ3v) is 7.30. The molecule has 0 radical (unpaired) electrons. The van der Waals surface area contributed by atoms with Crippen molar-refractivity contribution in [3.05, 3.63) is 0 Å². The van der Waals surface area contributed by atoms with Gasteiger partial charge in [0.05, 0.1) is 24.4 Å². The molecule has 30 heavy (non-hydrogen) atoms. The van der Waals surface area contributed by atoms with Crippen LogP contribution in [0.3, 0.4) is 0 Å². The molecule has 2 heterocycles. The highest BCUT2D eigenvalue weighted by molar-refractivity contribution is 4.77. The fourth-order valence-corrected chi connectivity index (χ4v) is 4.96. The summed E-state index contributed by atoms with van der Waals surface area (Å²) in [6.07, 6.45) is 18.0. The summed E-state index contributed by atoms with van der Waals surface area (Å²) >= 11 is 0. The largest absolute Gasteiger partial charge is 0.396 e. The van der Waals surface area contributed by atoms with Crippen LogP contribution in [0.25, 0.3) is 0 Å². The van der Waals surface area contributed by atoms with Crippen molar-refractivity contribution in [2.45, 2.75) is 142 Å². The van der Waals surface area contributed by atoms with E-state index in [-0.39, 0.29) is 24.0 Å². The lowest BCUT2D eigenvalue weighted by Gasteiger charge is -2.34. The van der Waals surface area contributed by atoms with Gasteiger partial charge in [-0.2, -0.15) is 0 Å². The van der Waals surface area contributed by atoms with Gasteiger partial charge in [0.2, 0.25) is 0 Å². The number of hydrogen-bond donors (Lipinski definition) is 2. The van der Waals surface area contributed by atoms with Crippen LogP contribution in [0.15, 0.2) is 0 Å². The molecule has 0 amide bonds. The Bertz CT molecular complexity index is 420. The lowest BCUT2D eigenvalue weighted by Crippen LogP contribution is -2.31. The summed E-state index contributed by atoms with van der Waals surface area (Å²) in [6.45, 7) is 9.10. The number of aliphatic hydroxyl groups excluding tert-OH is 2. The van der Waals surface area contributed by atoms with Crippen LogP contribution in [0, 0.1) is 10.8 Å². The number of hydrogen-bond acceptors (Lipinski definition) is 4. The topological polar surface area (TPSA) is 58.9 Å². The van der Waals surface area contributed by atoms with E-state index < -0.39 is 0 Å². The molecule has 0 aromatic heterocycles. The maximum atomic E-state index is 9.43. The van der Waals surface area contributed by atoms with Crippen LogP contribution in [0.1, 0.15) is 118 Å². The first-order valence-electron chi connectivity index (χ1n) is 12.8. The molecule has 0 bridgehead atoms. The summed E-state index contributed by atoms with van der Waals surface area (Å²) < 4.78 is 12.9. The van der Waals surface area contributed by atoms with Gasteiger partial charge in [-0.1, -0.05) is 40.5 Å². The summed E-state index contributed by atoms with van der Waals surface area (Å²) in [5.41, 5.74) is 0.0769. The lowest BCUT2D eigenvalue weighted by atomic mass is 9.86. The number of ether oxygens (including phenoxy) is 2. The molecule has 178 valence electrons. The van der Waals surface area contributed by atoms with E-state index in [0.29, 0.717) is 24.4 Å². The van der Waals surface area contributed by atoms with Gasteiger partial charge >= 0.3 is 0 Å². The van der Waals surface area contributed by atoms with Gasteiger partial charge in [-0.25, -0.2) is 0 Å². The lowest BCUT2D eigenvalue weighted by molar-refractivity contribution is -0.0844. The van der Waals surface area contributed by atoms with Crippen molar-refractivity contribution in [2.24, 2.45) is 10.8 Å². The van der Waals surface area contributed by atoms with Crippen LogP contribution in [0.5, 0.6) is 0 Å². The normalized spacial score (nSPS) is 28.6. The minimum Gasteiger partial charge on any atom is -0.396 e. The highest BCUT2D eigenvalue weighted by Gasteiger charge is 2.27. The maximum Gasteiger partial charge on any atom is 0.0579 e. The zero-order chi connectivity index (χ0) is 22.0. The first-order valence-corrected chi connectivity index (χ1v) is 12.8. The van der Waals surface area contributed by atoms with E-state index in [9.17, 15) is 10.2 Å². The van der Waals surface area contributed by atoms with Gasteiger partial charge in [0.1, 0.15) is 0 Å². The monoisotopic (exact) mass is 426 g/mol. The minimum absolute atomic E-state index is 0.0385. The van der Waals surface area contributed by atoms with Gasteiger partial charge in [0, 0.05) is 13.2 Å². The van der Waals surface area contributed by atoms with Crippen molar-refractivity contribution < 1.29 is 19.7 Å². The van der Waals surface area contributed by atoms with Crippen molar-refractivity contribution in [3.63, 3.8) is 0 Å². The Balaban J connectivity index is 1.63. The van der Waals surface area contributed by atoms with E-state index in [0.717, 1.165) is 51.4 Å². The Morgan fingerprint density at radius 1 is 0.600 bits per heavy atom. The highest BCUT2D eigenvalue weighted by Crippen LogP contribution is 2.31. The fourth-order valence-electron chi connectivity index (χ4n) is 4.96. The van der Waals surface area contributed by atoms with Gasteiger partial charge in [0.15, 0.2) is 0 Å². The van der Waals surface area contributed by atoms with Crippen LogP contribution in [-0.4, -0.2) is 47.8 Å². The molecular formula is C26H50O4. The van der Waals surface area contributed by atoms with Crippen molar-refractivity contribution in [1.82, 2.24) is 0 Å². The molecule has 0 spiro atoms. The predicted octanol–water partition coefficient (Wildman–Crippen LogP) is 6.02. The summed E-state index contributed by atoms with van der Waals surface area (Å²) in [6, 6.07) is 0.